The van der Waals surface area contributed by atoms with Crippen molar-refractivity contribution in [3.05, 3.63) is 42.0 Å². The van der Waals surface area contributed by atoms with Gasteiger partial charge in [0.15, 0.2) is 0 Å². The molecule has 0 heterocycles. The summed E-state index contributed by atoms with van der Waals surface area (Å²) in [5.41, 5.74) is 0.893. The molecule has 0 aliphatic heterocycles. The first kappa shape index (κ1) is 28.2. The van der Waals surface area contributed by atoms with Gasteiger partial charge in [-0.2, -0.15) is 0 Å². The SMILES string of the molecule is C=Cc1cccc(C(C(=O)NC(C)C)N(CCCCCC)C(=O)CNC(=O)OC(C)(C)C)c1. The minimum atomic E-state index is -0.818. The maximum atomic E-state index is 13.3. The van der Waals surface area contributed by atoms with Crippen molar-refractivity contribution >= 4 is 24.0 Å². The summed E-state index contributed by atoms with van der Waals surface area (Å²) in [5.74, 6) is -0.599. The third kappa shape index (κ3) is 10.6. The van der Waals surface area contributed by atoms with E-state index in [4.69, 9.17) is 4.74 Å². The molecule has 0 saturated carbocycles. The van der Waals surface area contributed by atoms with E-state index in [0.717, 1.165) is 31.2 Å². The number of benzene rings is 1. The first-order valence-electron chi connectivity index (χ1n) is 11.8. The number of alkyl carbamates (subject to hydrolysis) is 1. The number of hydrogen-bond acceptors (Lipinski definition) is 4. The molecule has 1 atom stereocenters. The van der Waals surface area contributed by atoms with Crippen LogP contribution in [0, 0.1) is 0 Å². The predicted molar refractivity (Wildman–Crippen MR) is 133 cm³/mol. The minimum Gasteiger partial charge on any atom is -0.444 e. The third-order valence-corrected chi connectivity index (χ3v) is 4.81. The maximum Gasteiger partial charge on any atom is 0.408 e. The van der Waals surface area contributed by atoms with Gasteiger partial charge in [0.1, 0.15) is 18.2 Å². The smallest absolute Gasteiger partial charge is 0.408 e. The molecule has 7 nitrogen and oxygen atoms in total. The molecule has 3 amide bonds. The lowest BCUT2D eigenvalue weighted by molar-refractivity contribution is -0.140. The Kier molecular flexibility index (Phi) is 11.7. The zero-order valence-electron chi connectivity index (χ0n) is 21.1. The van der Waals surface area contributed by atoms with Gasteiger partial charge in [0.2, 0.25) is 11.8 Å². The van der Waals surface area contributed by atoms with E-state index in [1.807, 2.05) is 38.1 Å². The van der Waals surface area contributed by atoms with Crippen molar-refractivity contribution in [2.24, 2.45) is 0 Å². The van der Waals surface area contributed by atoms with E-state index in [1.54, 1.807) is 31.7 Å². The summed E-state index contributed by atoms with van der Waals surface area (Å²) in [6.07, 6.45) is 4.86. The van der Waals surface area contributed by atoms with Crippen LogP contribution in [0.25, 0.3) is 6.08 Å². The van der Waals surface area contributed by atoms with Crippen molar-refractivity contribution in [2.45, 2.75) is 84.9 Å². The first-order valence-corrected chi connectivity index (χ1v) is 11.8. The molecule has 1 unspecified atom stereocenters. The number of amides is 3. The average molecular weight is 460 g/mol. The van der Waals surface area contributed by atoms with Gasteiger partial charge in [0, 0.05) is 12.6 Å². The van der Waals surface area contributed by atoms with Gasteiger partial charge < -0.3 is 20.3 Å². The molecular formula is C26H41N3O4. The fourth-order valence-corrected chi connectivity index (χ4v) is 3.36. The topological polar surface area (TPSA) is 87.7 Å². The molecule has 0 aromatic heterocycles. The van der Waals surface area contributed by atoms with Crippen molar-refractivity contribution in [3.63, 3.8) is 0 Å². The first-order chi connectivity index (χ1) is 15.5. The lowest BCUT2D eigenvalue weighted by Crippen LogP contribution is -2.49. The highest BCUT2D eigenvalue weighted by molar-refractivity contribution is 5.90. The molecule has 0 aliphatic rings. The van der Waals surface area contributed by atoms with Gasteiger partial charge in [-0.1, -0.05) is 57.0 Å². The number of unbranched alkanes of at least 4 members (excludes halogenated alkanes) is 3. The lowest BCUT2D eigenvalue weighted by Gasteiger charge is -2.32. The van der Waals surface area contributed by atoms with Crippen LogP contribution in [0.3, 0.4) is 0 Å². The van der Waals surface area contributed by atoms with E-state index in [0.29, 0.717) is 12.1 Å². The normalized spacial score (nSPS) is 12.1. The molecule has 1 aromatic carbocycles. The zero-order valence-corrected chi connectivity index (χ0v) is 21.1. The molecule has 1 rings (SSSR count). The van der Waals surface area contributed by atoms with Crippen LogP contribution >= 0.6 is 0 Å². The van der Waals surface area contributed by atoms with Crippen LogP contribution in [-0.2, 0) is 14.3 Å². The van der Waals surface area contributed by atoms with Crippen LogP contribution in [0.4, 0.5) is 4.79 Å². The number of ether oxygens (including phenoxy) is 1. The highest BCUT2D eigenvalue weighted by Crippen LogP contribution is 2.24. The van der Waals surface area contributed by atoms with Gasteiger partial charge in [-0.15, -0.1) is 0 Å². The number of carbonyl (C=O) groups is 3. The Morgan fingerprint density at radius 1 is 1.15 bits per heavy atom. The summed E-state index contributed by atoms with van der Waals surface area (Å²) in [4.78, 5) is 40.2. The zero-order chi connectivity index (χ0) is 25.0. The number of rotatable bonds is 12. The highest BCUT2D eigenvalue weighted by atomic mass is 16.6. The number of hydrogen-bond donors (Lipinski definition) is 2. The molecule has 0 aliphatic carbocycles. The van der Waals surface area contributed by atoms with Crippen molar-refractivity contribution < 1.29 is 19.1 Å². The molecule has 1 aromatic rings. The number of nitrogens with zero attached hydrogens (tertiary/aromatic N) is 1. The van der Waals surface area contributed by atoms with E-state index >= 15 is 0 Å². The van der Waals surface area contributed by atoms with Crippen LogP contribution in [0.5, 0.6) is 0 Å². The Morgan fingerprint density at radius 3 is 2.42 bits per heavy atom. The molecule has 2 N–H and O–H groups in total. The summed E-state index contributed by atoms with van der Waals surface area (Å²) in [6.45, 7) is 15.1. The summed E-state index contributed by atoms with van der Waals surface area (Å²) < 4.78 is 5.25. The molecule has 0 fully saturated rings. The standard InChI is InChI=1S/C26H41N3O4/c1-8-10-11-12-16-29(22(30)18-27-25(32)33-26(5,6)7)23(24(31)28-19(3)4)21-15-13-14-20(9-2)17-21/h9,13-15,17,19,23H,2,8,10-12,16,18H2,1,3-7H3,(H,27,32)(H,28,31). The van der Waals surface area contributed by atoms with Gasteiger partial charge in [-0.05, 0) is 58.2 Å². The molecule has 184 valence electrons. The minimum absolute atomic E-state index is 0.0838. The number of nitrogens with one attached hydrogen (secondary N) is 2. The van der Waals surface area contributed by atoms with Crippen LogP contribution in [-0.4, -0.2) is 47.5 Å². The van der Waals surface area contributed by atoms with E-state index in [1.165, 1.54) is 0 Å². The summed E-state index contributed by atoms with van der Waals surface area (Å²) in [5, 5.41) is 5.47. The van der Waals surface area contributed by atoms with Crippen LogP contribution < -0.4 is 10.6 Å². The number of carbonyl (C=O) groups excluding carboxylic acids is 3. The Balaban J connectivity index is 3.22. The van der Waals surface area contributed by atoms with Crippen LogP contribution in [0.1, 0.15) is 84.4 Å². The van der Waals surface area contributed by atoms with E-state index in [-0.39, 0.29) is 24.4 Å². The van der Waals surface area contributed by atoms with Gasteiger partial charge in [0.25, 0.3) is 0 Å². The van der Waals surface area contributed by atoms with E-state index in [2.05, 4.69) is 24.1 Å². The van der Waals surface area contributed by atoms with Gasteiger partial charge in [-0.25, -0.2) is 4.79 Å². The second-order valence-corrected chi connectivity index (χ2v) is 9.44. The fraction of sp³-hybridized carbons (Fsp3) is 0.577. The average Bonchev–Trinajstić information content (AvgIpc) is 2.72. The maximum absolute atomic E-state index is 13.3. The summed E-state index contributed by atoms with van der Waals surface area (Å²) >= 11 is 0. The molecule has 7 heteroatoms. The van der Waals surface area contributed by atoms with Gasteiger partial charge in [0.05, 0.1) is 0 Å². The quantitative estimate of drug-likeness (QED) is 0.438. The highest BCUT2D eigenvalue weighted by Gasteiger charge is 2.32. The molecule has 0 radical (unpaired) electrons. The molecule has 0 saturated heterocycles. The predicted octanol–water partition coefficient (Wildman–Crippen LogP) is 4.83. The lowest BCUT2D eigenvalue weighted by atomic mass is 10.0. The molecule has 0 spiro atoms. The Hall–Kier alpha value is -2.83. The van der Waals surface area contributed by atoms with E-state index < -0.39 is 17.7 Å². The van der Waals surface area contributed by atoms with Crippen molar-refractivity contribution in [3.8, 4) is 0 Å². The second kappa shape index (κ2) is 13.7. The van der Waals surface area contributed by atoms with E-state index in [9.17, 15) is 14.4 Å². The van der Waals surface area contributed by atoms with Crippen molar-refractivity contribution in [2.75, 3.05) is 13.1 Å². The molecule has 0 bridgehead atoms. The molecular weight excluding hydrogens is 418 g/mol. The van der Waals surface area contributed by atoms with Crippen LogP contribution in [0.15, 0.2) is 30.8 Å². The Labute approximate surface area is 198 Å². The Morgan fingerprint density at radius 2 is 1.85 bits per heavy atom. The summed E-state index contributed by atoms with van der Waals surface area (Å²) in [6, 6.07) is 6.55. The monoisotopic (exact) mass is 459 g/mol. The summed E-state index contributed by atoms with van der Waals surface area (Å²) in [7, 11) is 0. The van der Waals surface area contributed by atoms with Crippen molar-refractivity contribution in [1.29, 1.82) is 0 Å². The van der Waals surface area contributed by atoms with Crippen molar-refractivity contribution in [1.82, 2.24) is 15.5 Å². The Bertz CT molecular complexity index is 799. The van der Waals surface area contributed by atoms with Crippen LogP contribution in [0.2, 0.25) is 0 Å². The third-order valence-electron chi connectivity index (χ3n) is 4.81. The molecule has 33 heavy (non-hydrogen) atoms. The fourth-order valence-electron chi connectivity index (χ4n) is 3.36. The van der Waals surface area contributed by atoms with Gasteiger partial charge in [-0.3, -0.25) is 9.59 Å². The largest absolute Gasteiger partial charge is 0.444 e. The van der Waals surface area contributed by atoms with Gasteiger partial charge >= 0.3 is 6.09 Å². The second-order valence-electron chi connectivity index (χ2n) is 9.44.